The molecule has 0 radical (unpaired) electrons. The Hall–Kier alpha value is -1.73. The van der Waals surface area contributed by atoms with Gasteiger partial charge in [-0.2, -0.15) is 0 Å². The van der Waals surface area contributed by atoms with Gasteiger partial charge in [-0.25, -0.2) is 4.98 Å². The molecular formula is C10H6N4OS2. The Bertz CT molecular complexity index is 749. The van der Waals surface area contributed by atoms with Crippen LogP contribution in [0.15, 0.2) is 33.4 Å². The quantitative estimate of drug-likeness (QED) is 0.655. The smallest absolute Gasteiger partial charge is 0.259 e. The van der Waals surface area contributed by atoms with Gasteiger partial charge in [0, 0.05) is 0 Å². The van der Waals surface area contributed by atoms with Gasteiger partial charge in [-0.05, 0) is 12.1 Å². The molecule has 5 nitrogen and oxygen atoms in total. The molecule has 1 aromatic carbocycles. The number of benzene rings is 1. The average molecular weight is 262 g/mol. The lowest BCUT2D eigenvalue weighted by Crippen LogP contribution is -2.09. The number of para-hydroxylation sites is 1. The molecule has 0 aliphatic carbocycles. The van der Waals surface area contributed by atoms with Gasteiger partial charge in [0.2, 0.25) is 0 Å². The molecule has 0 unspecified atom stereocenters. The summed E-state index contributed by atoms with van der Waals surface area (Å²) in [6, 6.07) is 7.16. The van der Waals surface area contributed by atoms with E-state index in [2.05, 4.69) is 32.8 Å². The highest BCUT2D eigenvalue weighted by molar-refractivity contribution is 7.82. The van der Waals surface area contributed by atoms with Crippen LogP contribution < -0.4 is 5.56 Å². The molecule has 0 fully saturated rings. The molecule has 84 valence electrons. The molecule has 0 aliphatic heterocycles. The Labute approximate surface area is 105 Å². The molecule has 0 atom stereocenters. The van der Waals surface area contributed by atoms with E-state index in [1.54, 1.807) is 18.2 Å². The molecule has 2 heterocycles. The second-order valence-corrected chi connectivity index (χ2v) is 5.03. The summed E-state index contributed by atoms with van der Waals surface area (Å²) >= 11 is 5.35. The third-order valence-electron chi connectivity index (χ3n) is 2.23. The zero-order chi connectivity index (χ0) is 11.8. The maximum Gasteiger partial charge on any atom is 0.259 e. The lowest BCUT2D eigenvalue weighted by atomic mass is 10.2. The molecule has 17 heavy (non-hydrogen) atoms. The van der Waals surface area contributed by atoms with Gasteiger partial charge in [-0.15, -0.1) is 22.8 Å². The van der Waals surface area contributed by atoms with Crippen molar-refractivity contribution in [3.63, 3.8) is 0 Å². The zero-order valence-electron chi connectivity index (χ0n) is 8.41. The Morgan fingerprint density at radius 2 is 2.06 bits per heavy atom. The number of rotatable bonds is 1. The van der Waals surface area contributed by atoms with E-state index >= 15 is 0 Å². The minimum absolute atomic E-state index is 0.179. The molecular weight excluding hydrogens is 256 g/mol. The maximum atomic E-state index is 11.8. The number of aromatic nitrogens is 4. The van der Waals surface area contributed by atoms with E-state index < -0.39 is 0 Å². The average Bonchev–Trinajstić information content (AvgIpc) is 2.76. The van der Waals surface area contributed by atoms with E-state index in [1.165, 1.54) is 11.3 Å². The van der Waals surface area contributed by atoms with Crippen molar-refractivity contribution in [3.05, 3.63) is 34.6 Å². The highest BCUT2D eigenvalue weighted by atomic mass is 32.2. The second kappa shape index (κ2) is 3.94. The minimum Gasteiger partial charge on any atom is -0.304 e. The van der Waals surface area contributed by atoms with Crippen molar-refractivity contribution < 1.29 is 0 Å². The third-order valence-corrected chi connectivity index (χ3v) is 3.33. The fraction of sp³-hybridized carbons (Fsp3) is 0. The van der Waals surface area contributed by atoms with E-state index in [-0.39, 0.29) is 5.56 Å². The van der Waals surface area contributed by atoms with E-state index in [9.17, 15) is 4.79 Å². The number of hydrogen-bond donors (Lipinski definition) is 2. The normalized spacial score (nSPS) is 10.9. The number of fused-ring (bicyclic) bond motifs is 1. The van der Waals surface area contributed by atoms with Crippen LogP contribution in [0.5, 0.6) is 0 Å². The van der Waals surface area contributed by atoms with Crippen LogP contribution in [0, 0.1) is 0 Å². The molecule has 0 spiro atoms. The number of nitrogens with zero attached hydrogens (tertiary/aromatic N) is 3. The summed E-state index contributed by atoms with van der Waals surface area (Å²) in [5.74, 6) is 0.423. The molecule has 0 aliphatic rings. The number of aromatic amines is 1. The number of hydrogen-bond acceptors (Lipinski definition) is 6. The van der Waals surface area contributed by atoms with Gasteiger partial charge in [0.15, 0.2) is 15.2 Å². The predicted molar refractivity (Wildman–Crippen MR) is 68.5 cm³/mol. The van der Waals surface area contributed by atoms with E-state index in [4.69, 9.17) is 0 Å². The first kappa shape index (κ1) is 10.4. The fourth-order valence-electron chi connectivity index (χ4n) is 1.50. The van der Waals surface area contributed by atoms with Crippen molar-refractivity contribution in [1.82, 2.24) is 20.2 Å². The molecule has 0 amide bonds. The number of H-pyrrole nitrogens is 1. The Balaban J connectivity index is 2.29. The molecule has 7 heteroatoms. The molecule has 3 rings (SSSR count). The zero-order valence-corrected chi connectivity index (χ0v) is 10.1. The number of thiol groups is 1. The molecule has 2 aromatic heterocycles. The van der Waals surface area contributed by atoms with Crippen LogP contribution in [0.2, 0.25) is 0 Å². The third kappa shape index (κ3) is 1.83. The van der Waals surface area contributed by atoms with Crippen LogP contribution in [-0.4, -0.2) is 20.2 Å². The largest absolute Gasteiger partial charge is 0.304 e. The summed E-state index contributed by atoms with van der Waals surface area (Å²) in [6.07, 6.45) is 0. The standard InChI is InChI=1S/C10H6N4OS2/c15-8-5-3-1-2-4-6(5)11-7(12-8)9-13-14-10(16)17-9/h1-4H,(H,14,16)(H,11,12,15). The predicted octanol–water partition coefficient (Wildman–Crippen LogP) is 1.73. The summed E-state index contributed by atoms with van der Waals surface area (Å²) < 4.78 is 0.538. The molecule has 3 aromatic rings. The highest BCUT2D eigenvalue weighted by Gasteiger charge is 2.09. The summed E-state index contributed by atoms with van der Waals surface area (Å²) in [7, 11) is 0. The van der Waals surface area contributed by atoms with Gasteiger partial charge >= 0.3 is 0 Å². The second-order valence-electron chi connectivity index (χ2n) is 3.32. The van der Waals surface area contributed by atoms with Crippen LogP contribution in [0.4, 0.5) is 0 Å². The summed E-state index contributed by atoms with van der Waals surface area (Å²) in [6.45, 7) is 0. The lowest BCUT2D eigenvalue weighted by Gasteiger charge is -1.98. The molecule has 0 bridgehead atoms. The maximum absolute atomic E-state index is 11.8. The summed E-state index contributed by atoms with van der Waals surface area (Å²) in [5.41, 5.74) is 0.462. The fourth-order valence-corrected chi connectivity index (χ4v) is 2.33. The van der Waals surface area contributed by atoms with Gasteiger partial charge in [-0.3, -0.25) is 4.79 Å². The first-order chi connectivity index (χ1) is 8.24. The van der Waals surface area contributed by atoms with Gasteiger partial charge < -0.3 is 4.98 Å². The van der Waals surface area contributed by atoms with Crippen LogP contribution in [0.3, 0.4) is 0 Å². The lowest BCUT2D eigenvalue weighted by molar-refractivity contribution is 1.01. The van der Waals surface area contributed by atoms with Crippen molar-refractivity contribution in [2.45, 2.75) is 4.34 Å². The number of nitrogens with one attached hydrogen (secondary N) is 1. The van der Waals surface area contributed by atoms with Crippen molar-refractivity contribution in [3.8, 4) is 10.8 Å². The summed E-state index contributed by atoms with van der Waals surface area (Å²) in [4.78, 5) is 18.8. The first-order valence-corrected chi connectivity index (χ1v) is 6.02. The van der Waals surface area contributed by atoms with Crippen LogP contribution >= 0.6 is 24.0 Å². The topological polar surface area (TPSA) is 71.5 Å². The van der Waals surface area contributed by atoms with Crippen molar-refractivity contribution in [2.24, 2.45) is 0 Å². The highest BCUT2D eigenvalue weighted by Crippen LogP contribution is 2.22. The van der Waals surface area contributed by atoms with Gasteiger partial charge in [0.05, 0.1) is 10.9 Å². The van der Waals surface area contributed by atoms with Gasteiger partial charge in [0.25, 0.3) is 5.56 Å². The summed E-state index contributed by atoms with van der Waals surface area (Å²) in [5, 5.41) is 8.78. The van der Waals surface area contributed by atoms with Crippen LogP contribution in [0.1, 0.15) is 0 Å². The molecule has 1 N–H and O–H groups in total. The van der Waals surface area contributed by atoms with E-state index in [0.717, 1.165) is 0 Å². The van der Waals surface area contributed by atoms with E-state index in [0.29, 0.717) is 26.1 Å². The van der Waals surface area contributed by atoms with Crippen LogP contribution in [0.25, 0.3) is 21.7 Å². The van der Waals surface area contributed by atoms with Gasteiger partial charge in [-0.1, -0.05) is 23.5 Å². The van der Waals surface area contributed by atoms with Crippen LogP contribution in [-0.2, 0) is 0 Å². The Morgan fingerprint density at radius 1 is 1.24 bits per heavy atom. The Morgan fingerprint density at radius 3 is 2.82 bits per heavy atom. The molecule has 0 saturated carbocycles. The monoisotopic (exact) mass is 262 g/mol. The Kier molecular flexibility index (Phi) is 2.41. The van der Waals surface area contributed by atoms with Crippen molar-refractivity contribution in [2.75, 3.05) is 0 Å². The van der Waals surface area contributed by atoms with E-state index in [1.807, 2.05) is 6.07 Å². The van der Waals surface area contributed by atoms with Crippen molar-refractivity contribution >= 4 is 34.9 Å². The van der Waals surface area contributed by atoms with Crippen molar-refractivity contribution in [1.29, 1.82) is 0 Å². The first-order valence-electron chi connectivity index (χ1n) is 4.76. The molecule has 0 saturated heterocycles. The SMILES string of the molecule is O=c1[nH]c(-c2nnc(S)s2)nc2ccccc12. The minimum atomic E-state index is -0.179. The van der Waals surface area contributed by atoms with Gasteiger partial charge in [0.1, 0.15) is 0 Å².